The van der Waals surface area contributed by atoms with Crippen LogP contribution in [0.15, 0.2) is 88.2 Å². The Morgan fingerprint density at radius 1 is 0.872 bits per heavy atom. The molecule has 2 atom stereocenters. The number of nitrogens with zero attached hydrogens (tertiary/aromatic N) is 3. The van der Waals surface area contributed by atoms with Gasteiger partial charge in [-0.05, 0) is 72.9 Å². The van der Waals surface area contributed by atoms with Crippen molar-refractivity contribution < 1.29 is 14.4 Å². The predicted octanol–water partition coefficient (Wildman–Crippen LogP) is 8.78. The summed E-state index contributed by atoms with van der Waals surface area (Å²) >= 11 is 12.1. The summed E-state index contributed by atoms with van der Waals surface area (Å²) in [6, 6.07) is 21.3. The first-order valence-electron chi connectivity index (χ1n) is 12.7. The number of azo groups is 1. The molecule has 2 unspecified atom stereocenters. The first-order chi connectivity index (χ1) is 18.6. The molecule has 0 radical (unpaired) electrons. The van der Waals surface area contributed by atoms with Crippen LogP contribution in [0.5, 0.6) is 0 Å². The molecule has 3 aromatic rings. The number of carbonyl (C=O) groups is 2. The molecule has 1 amide bonds. The second-order valence-corrected chi connectivity index (χ2v) is 11.6. The second-order valence-electron chi connectivity index (χ2n) is 10.8. The lowest BCUT2D eigenvalue weighted by Gasteiger charge is -2.39. The van der Waals surface area contributed by atoms with E-state index in [2.05, 4.69) is 41.5 Å². The molecule has 2 aliphatic rings. The summed E-state index contributed by atoms with van der Waals surface area (Å²) in [5, 5.41) is 16.5. The van der Waals surface area contributed by atoms with Crippen LogP contribution < -0.4 is 5.32 Å². The van der Waals surface area contributed by atoms with Gasteiger partial charge in [0.25, 0.3) is 0 Å². The van der Waals surface area contributed by atoms with Crippen molar-refractivity contribution in [2.75, 3.05) is 5.32 Å². The zero-order valence-corrected chi connectivity index (χ0v) is 23.4. The third-order valence-electron chi connectivity index (χ3n) is 8.72. The molecule has 2 saturated carbocycles. The van der Waals surface area contributed by atoms with E-state index in [1.807, 2.05) is 54.6 Å². The van der Waals surface area contributed by atoms with Crippen LogP contribution >= 0.6 is 23.2 Å². The van der Waals surface area contributed by atoms with E-state index < -0.39 is 22.2 Å². The lowest BCUT2D eigenvalue weighted by molar-refractivity contribution is -0.130. The number of benzene rings is 3. The number of fused-ring (bicyclic) bond motifs is 2. The molecule has 7 nitrogen and oxygen atoms in total. The van der Waals surface area contributed by atoms with Crippen LogP contribution in [0.2, 0.25) is 10.0 Å². The van der Waals surface area contributed by atoms with Gasteiger partial charge in [-0.2, -0.15) is 10.2 Å². The van der Waals surface area contributed by atoms with Gasteiger partial charge in [0.15, 0.2) is 0 Å². The molecule has 2 fully saturated rings. The van der Waals surface area contributed by atoms with Gasteiger partial charge in [-0.1, -0.05) is 67.3 Å². The van der Waals surface area contributed by atoms with Crippen molar-refractivity contribution in [2.24, 2.45) is 31.6 Å². The zero-order valence-electron chi connectivity index (χ0n) is 21.9. The van der Waals surface area contributed by atoms with Crippen LogP contribution in [0, 0.1) is 16.2 Å². The quantitative estimate of drug-likeness (QED) is 0.185. The van der Waals surface area contributed by atoms with Crippen molar-refractivity contribution in [1.82, 2.24) is 0 Å². The zero-order chi connectivity index (χ0) is 27.8. The third-order valence-corrected chi connectivity index (χ3v) is 9.27. The number of hydrogen-bond donors (Lipinski definition) is 1. The van der Waals surface area contributed by atoms with Gasteiger partial charge in [-0.3, -0.25) is 4.79 Å². The molecule has 1 N–H and O–H groups in total. The average molecular weight is 563 g/mol. The Morgan fingerprint density at radius 3 is 2.21 bits per heavy atom. The summed E-state index contributed by atoms with van der Waals surface area (Å²) in [5.74, 6) is -0.747. The lowest BCUT2D eigenvalue weighted by atomic mass is 9.64. The number of carbonyl (C=O) groups excluding carboxylic acids is 2. The Bertz CT molecular complexity index is 1490. The van der Waals surface area contributed by atoms with Gasteiger partial charge in [0.1, 0.15) is 0 Å². The van der Waals surface area contributed by atoms with Gasteiger partial charge in [0.05, 0.1) is 33.1 Å². The van der Waals surface area contributed by atoms with Crippen molar-refractivity contribution in [3.05, 3.63) is 88.4 Å². The fraction of sp³-hybridized carbons (Fsp3) is 0.300. The van der Waals surface area contributed by atoms with E-state index in [9.17, 15) is 9.59 Å². The van der Waals surface area contributed by atoms with Crippen molar-refractivity contribution in [2.45, 2.75) is 40.0 Å². The second kappa shape index (κ2) is 10.2. The largest absolute Gasteiger partial charge is 0.367 e. The van der Waals surface area contributed by atoms with E-state index in [0.29, 0.717) is 35.0 Å². The Morgan fingerprint density at radius 2 is 1.54 bits per heavy atom. The molecule has 39 heavy (non-hydrogen) atoms. The summed E-state index contributed by atoms with van der Waals surface area (Å²) in [4.78, 5) is 31.8. The molecule has 0 spiro atoms. The summed E-state index contributed by atoms with van der Waals surface area (Å²) in [5.41, 5.74) is 1.47. The van der Waals surface area contributed by atoms with Crippen molar-refractivity contribution >= 4 is 57.9 Å². The molecule has 2 bridgehead atoms. The Balaban J connectivity index is 1.31. The predicted molar refractivity (Wildman–Crippen MR) is 153 cm³/mol. The van der Waals surface area contributed by atoms with Gasteiger partial charge in [-0.25, -0.2) is 4.79 Å². The van der Waals surface area contributed by atoms with Gasteiger partial charge < -0.3 is 10.2 Å². The van der Waals surface area contributed by atoms with Crippen LogP contribution in [0.4, 0.5) is 17.1 Å². The minimum atomic E-state index is -0.698. The summed E-state index contributed by atoms with van der Waals surface area (Å²) < 4.78 is 0. The highest BCUT2D eigenvalue weighted by molar-refractivity contribution is 6.36. The van der Waals surface area contributed by atoms with Gasteiger partial charge in [0.2, 0.25) is 5.91 Å². The third kappa shape index (κ3) is 4.74. The number of rotatable bonds is 6. The van der Waals surface area contributed by atoms with E-state index in [1.165, 1.54) is 12.1 Å². The topological polar surface area (TPSA) is 92.5 Å². The highest BCUT2D eigenvalue weighted by Gasteiger charge is 2.71. The lowest BCUT2D eigenvalue weighted by Crippen LogP contribution is -2.43. The Labute approximate surface area is 237 Å². The molecular formula is C30H28Cl2N4O3. The van der Waals surface area contributed by atoms with Crippen molar-refractivity contribution in [3.63, 3.8) is 0 Å². The first-order valence-corrected chi connectivity index (χ1v) is 13.4. The van der Waals surface area contributed by atoms with E-state index in [1.54, 1.807) is 6.07 Å². The fourth-order valence-electron chi connectivity index (χ4n) is 5.80. The maximum absolute atomic E-state index is 13.8. The minimum Gasteiger partial charge on any atom is -0.326 e. The standard InChI is InChI=1S/C30H28Cl2N4O3/c1-28(2)29(3)15-16-30(28,18-25(29)36-39-26(37)23-14-9-19(31)17-24(23)32)27(38)33-20-10-12-22(13-11-20)35-34-21-7-5-4-6-8-21/h4-14,17H,15-16,18H2,1-3H3,(H,33,38). The van der Waals surface area contributed by atoms with Gasteiger partial charge >= 0.3 is 5.97 Å². The van der Waals surface area contributed by atoms with Crippen LogP contribution in [-0.4, -0.2) is 17.6 Å². The van der Waals surface area contributed by atoms with E-state index in [0.717, 1.165) is 12.1 Å². The monoisotopic (exact) mass is 562 g/mol. The summed E-state index contributed by atoms with van der Waals surface area (Å²) in [7, 11) is 0. The molecule has 9 heteroatoms. The number of amides is 1. The van der Waals surface area contributed by atoms with Gasteiger partial charge in [-0.15, -0.1) is 0 Å². The average Bonchev–Trinajstić information content (AvgIpc) is 3.23. The van der Waals surface area contributed by atoms with E-state index >= 15 is 0 Å². The Hall–Kier alpha value is -3.55. The smallest absolute Gasteiger partial charge is 0.326 e. The van der Waals surface area contributed by atoms with E-state index in [-0.39, 0.29) is 16.5 Å². The molecule has 0 saturated heterocycles. The van der Waals surface area contributed by atoms with Crippen LogP contribution in [0.1, 0.15) is 50.4 Å². The number of anilines is 1. The maximum atomic E-state index is 13.8. The number of nitrogens with one attached hydrogen (secondary N) is 1. The SMILES string of the molecule is CC12CCC(C(=O)Nc3ccc(N=Nc4ccccc4)cc3)(CC1=NOC(=O)c1ccc(Cl)cc1Cl)C2(C)C. The first kappa shape index (κ1) is 27.0. The van der Waals surface area contributed by atoms with Crippen molar-refractivity contribution in [1.29, 1.82) is 0 Å². The molecule has 3 aromatic carbocycles. The maximum Gasteiger partial charge on any atom is 0.367 e. The molecule has 0 aliphatic heterocycles. The highest BCUT2D eigenvalue weighted by atomic mass is 35.5. The Kier molecular flexibility index (Phi) is 7.08. The number of halogens is 2. The normalized spacial score (nSPS) is 24.3. The molecule has 2 aliphatic carbocycles. The molecule has 200 valence electrons. The molecule has 0 heterocycles. The van der Waals surface area contributed by atoms with Crippen LogP contribution in [0.3, 0.4) is 0 Å². The fourth-order valence-corrected chi connectivity index (χ4v) is 6.28. The summed E-state index contributed by atoms with van der Waals surface area (Å²) in [6.45, 7) is 6.27. The van der Waals surface area contributed by atoms with Crippen LogP contribution in [0.25, 0.3) is 0 Å². The van der Waals surface area contributed by atoms with Crippen LogP contribution in [-0.2, 0) is 9.63 Å². The number of hydrogen-bond acceptors (Lipinski definition) is 6. The molecular weight excluding hydrogens is 535 g/mol. The molecule has 0 aromatic heterocycles. The van der Waals surface area contributed by atoms with E-state index in [4.69, 9.17) is 28.0 Å². The highest BCUT2D eigenvalue weighted by Crippen LogP contribution is 2.71. The van der Waals surface area contributed by atoms with Crippen molar-refractivity contribution in [3.8, 4) is 0 Å². The number of oxime groups is 1. The summed E-state index contributed by atoms with van der Waals surface area (Å²) in [6.07, 6.45) is 1.86. The molecule has 5 rings (SSSR count). The van der Waals surface area contributed by atoms with Gasteiger partial charge in [0, 0.05) is 22.5 Å². The minimum absolute atomic E-state index is 0.0767.